The summed E-state index contributed by atoms with van der Waals surface area (Å²) in [7, 11) is -3.77. The quantitative estimate of drug-likeness (QED) is 0.689. The predicted molar refractivity (Wildman–Crippen MR) is 73.5 cm³/mol. The molecule has 2 rings (SSSR count). The second kappa shape index (κ2) is 6.25. The molecule has 0 aliphatic carbocycles. The summed E-state index contributed by atoms with van der Waals surface area (Å²) in [5, 5.41) is 3.26. The zero-order valence-electron chi connectivity index (χ0n) is 11.8. The van der Waals surface area contributed by atoms with E-state index >= 15 is 0 Å². The second-order valence-corrected chi connectivity index (χ2v) is 6.99. The van der Waals surface area contributed by atoms with E-state index in [-0.39, 0.29) is 12.1 Å². The maximum Gasteiger partial charge on any atom is 0.422 e. The van der Waals surface area contributed by atoms with Crippen molar-refractivity contribution in [3.8, 4) is 0 Å². The monoisotopic (exact) mass is 306 g/mol. The van der Waals surface area contributed by atoms with E-state index in [0.717, 1.165) is 26.2 Å². The molecule has 1 amide bonds. The SMILES string of the molecule is CC(C)OC(=O)NS(=O)(=O)N1CC(N2CCNCC2)C1. The van der Waals surface area contributed by atoms with E-state index in [9.17, 15) is 13.2 Å². The van der Waals surface area contributed by atoms with Crippen molar-refractivity contribution in [2.45, 2.75) is 26.0 Å². The molecule has 0 bridgehead atoms. The lowest BCUT2D eigenvalue weighted by Crippen LogP contribution is -2.65. The smallest absolute Gasteiger partial charge is 0.422 e. The molecular weight excluding hydrogens is 284 g/mol. The van der Waals surface area contributed by atoms with E-state index in [2.05, 4.69) is 10.2 Å². The van der Waals surface area contributed by atoms with Crippen LogP contribution in [0.1, 0.15) is 13.8 Å². The van der Waals surface area contributed by atoms with Crippen LogP contribution >= 0.6 is 0 Å². The van der Waals surface area contributed by atoms with Crippen LogP contribution in [0.3, 0.4) is 0 Å². The Morgan fingerprint density at radius 3 is 2.45 bits per heavy atom. The van der Waals surface area contributed by atoms with Crippen LogP contribution in [0.5, 0.6) is 0 Å². The van der Waals surface area contributed by atoms with Crippen LogP contribution in [0, 0.1) is 0 Å². The number of rotatable bonds is 4. The van der Waals surface area contributed by atoms with Crippen molar-refractivity contribution in [1.29, 1.82) is 0 Å². The summed E-state index contributed by atoms with van der Waals surface area (Å²) < 4.78 is 31.8. The molecule has 2 aliphatic rings. The third-order valence-corrected chi connectivity index (χ3v) is 4.79. The molecule has 20 heavy (non-hydrogen) atoms. The Morgan fingerprint density at radius 2 is 1.90 bits per heavy atom. The fraction of sp³-hybridized carbons (Fsp3) is 0.909. The first kappa shape index (κ1) is 15.5. The van der Waals surface area contributed by atoms with E-state index in [1.165, 1.54) is 4.31 Å². The van der Waals surface area contributed by atoms with Crippen LogP contribution in [0.4, 0.5) is 4.79 Å². The maximum atomic E-state index is 11.9. The fourth-order valence-corrected chi connectivity index (χ4v) is 3.42. The first-order valence-electron chi connectivity index (χ1n) is 6.82. The Hall–Kier alpha value is -0.900. The van der Waals surface area contributed by atoms with Gasteiger partial charge in [0.15, 0.2) is 0 Å². The third-order valence-electron chi connectivity index (χ3n) is 3.39. The summed E-state index contributed by atoms with van der Waals surface area (Å²) in [6, 6.07) is 0.245. The van der Waals surface area contributed by atoms with Crippen LogP contribution in [0.2, 0.25) is 0 Å². The van der Waals surface area contributed by atoms with Gasteiger partial charge < -0.3 is 10.1 Å². The van der Waals surface area contributed by atoms with Gasteiger partial charge >= 0.3 is 16.3 Å². The second-order valence-electron chi connectivity index (χ2n) is 5.32. The zero-order valence-corrected chi connectivity index (χ0v) is 12.6. The van der Waals surface area contributed by atoms with Gasteiger partial charge in [0.1, 0.15) is 0 Å². The summed E-state index contributed by atoms with van der Waals surface area (Å²) in [6.07, 6.45) is -1.28. The van der Waals surface area contributed by atoms with Gasteiger partial charge in [-0.05, 0) is 13.8 Å². The molecule has 116 valence electrons. The minimum atomic E-state index is -3.77. The van der Waals surface area contributed by atoms with Gasteiger partial charge in [-0.25, -0.2) is 9.52 Å². The van der Waals surface area contributed by atoms with Crippen molar-refractivity contribution in [3.05, 3.63) is 0 Å². The van der Waals surface area contributed by atoms with Gasteiger partial charge in [0.05, 0.1) is 6.10 Å². The molecule has 0 saturated carbocycles. The van der Waals surface area contributed by atoms with Crippen molar-refractivity contribution >= 4 is 16.3 Å². The average Bonchev–Trinajstić information content (AvgIpc) is 2.25. The first-order chi connectivity index (χ1) is 9.38. The van der Waals surface area contributed by atoms with Crippen molar-refractivity contribution in [2.75, 3.05) is 39.3 Å². The van der Waals surface area contributed by atoms with Crippen molar-refractivity contribution in [2.24, 2.45) is 0 Å². The highest BCUT2D eigenvalue weighted by molar-refractivity contribution is 7.87. The molecule has 0 spiro atoms. The number of piperazine rings is 1. The maximum absolute atomic E-state index is 11.9. The summed E-state index contributed by atoms with van der Waals surface area (Å²) in [5.41, 5.74) is 0. The molecular formula is C11H22N4O4S. The lowest BCUT2D eigenvalue weighted by molar-refractivity contribution is 0.0756. The molecule has 2 heterocycles. The van der Waals surface area contributed by atoms with Crippen molar-refractivity contribution in [1.82, 2.24) is 19.2 Å². The number of carbonyl (C=O) groups is 1. The number of hydrogen-bond donors (Lipinski definition) is 2. The third kappa shape index (κ3) is 3.81. The molecule has 0 aromatic carbocycles. The fourth-order valence-electron chi connectivity index (χ4n) is 2.30. The van der Waals surface area contributed by atoms with Crippen LogP contribution in [-0.4, -0.2) is 75.1 Å². The molecule has 8 nitrogen and oxygen atoms in total. The molecule has 0 radical (unpaired) electrons. The summed E-state index contributed by atoms with van der Waals surface area (Å²) in [5.74, 6) is 0. The van der Waals surface area contributed by atoms with Gasteiger partial charge in [-0.2, -0.15) is 12.7 Å². The van der Waals surface area contributed by atoms with E-state index < -0.39 is 16.3 Å². The molecule has 0 atom stereocenters. The summed E-state index contributed by atoms with van der Waals surface area (Å²) in [4.78, 5) is 13.6. The van der Waals surface area contributed by atoms with Crippen LogP contribution < -0.4 is 10.0 Å². The average molecular weight is 306 g/mol. The minimum absolute atomic E-state index is 0.245. The molecule has 0 aromatic heterocycles. The summed E-state index contributed by atoms with van der Waals surface area (Å²) in [6.45, 7) is 7.90. The lowest BCUT2D eigenvalue weighted by Gasteiger charge is -2.45. The topological polar surface area (TPSA) is 91.0 Å². The van der Waals surface area contributed by atoms with E-state index in [1.807, 2.05) is 4.72 Å². The van der Waals surface area contributed by atoms with E-state index in [1.54, 1.807) is 13.8 Å². The number of nitrogens with one attached hydrogen (secondary N) is 2. The predicted octanol–water partition coefficient (Wildman–Crippen LogP) is -1.04. The van der Waals surface area contributed by atoms with Crippen LogP contribution in [0.25, 0.3) is 0 Å². The Bertz CT molecular complexity index is 441. The number of ether oxygens (including phenoxy) is 1. The minimum Gasteiger partial charge on any atom is -0.446 e. The summed E-state index contributed by atoms with van der Waals surface area (Å²) >= 11 is 0. The lowest BCUT2D eigenvalue weighted by atomic mass is 10.1. The van der Waals surface area contributed by atoms with Gasteiger partial charge in [0.25, 0.3) is 0 Å². The Labute approximate surface area is 119 Å². The normalized spacial score (nSPS) is 22.6. The molecule has 9 heteroatoms. The van der Waals surface area contributed by atoms with Crippen LogP contribution in [0.15, 0.2) is 0 Å². The first-order valence-corrected chi connectivity index (χ1v) is 8.26. The molecule has 2 fully saturated rings. The molecule has 0 unspecified atom stereocenters. The van der Waals surface area contributed by atoms with E-state index in [4.69, 9.17) is 4.74 Å². The highest BCUT2D eigenvalue weighted by Gasteiger charge is 2.40. The molecule has 2 N–H and O–H groups in total. The van der Waals surface area contributed by atoms with Gasteiger partial charge in [0, 0.05) is 45.3 Å². The standard InChI is InChI=1S/C11H22N4O4S/c1-9(2)19-11(16)13-20(17,18)15-7-10(8-15)14-5-3-12-4-6-14/h9-10,12H,3-8H2,1-2H3,(H,13,16). The van der Waals surface area contributed by atoms with Gasteiger partial charge in [-0.1, -0.05) is 0 Å². The zero-order chi connectivity index (χ0) is 14.8. The number of carbonyl (C=O) groups excluding carboxylic acids is 1. The van der Waals surface area contributed by atoms with Gasteiger partial charge in [-0.15, -0.1) is 0 Å². The highest BCUT2D eigenvalue weighted by Crippen LogP contribution is 2.18. The van der Waals surface area contributed by atoms with E-state index in [0.29, 0.717) is 13.1 Å². The van der Waals surface area contributed by atoms with Gasteiger partial charge in [0.2, 0.25) is 0 Å². The molecule has 2 saturated heterocycles. The molecule has 2 aliphatic heterocycles. The van der Waals surface area contributed by atoms with Gasteiger partial charge in [-0.3, -0.25) is 4.90 Å². The van der Waals surface area contributed by atoms with Crippen molar-refractivity contribution in [3.63, 3.8) is 0 Å². The van der Waals surface area contributed by atoms with Crippen LogP contribution in [-0.2, 0) is 14.9 Å². The number of nitrogens with zero attached hydrogens (tertiary/aromatic N) is 2. The highest BCUT2D eigenvalue weighted by atomic mass is 32.2. The molecule has 0 aromatic rings. The van der Waals surface area contributed by atoms with Crippen molar-refractivity contribution < 1.29 is 17.9 Å². The Kier molecular flexibility index (Phi) is 4.84. The number of hydrogen-bond acceptors (Lipinski definition) is 6. The Morgan fingerprint density at radius 1 is 1.30 bits per heavy atom. The largest absolute Gasteiger partial charge is 0.446 e. The number of amides is 1. The Balaban J connectivity index is 1.79.